The van der Waals surface area contributed by atoms with Crippen LogP contribution >= 0.6 is 0 Å². The van der Waals surface area contributed by atoms with Gasteiger partial charge in [-0.3, -0.25) is 0 Å². The lowest BCUT2D eigenvalue weighted by Gasteiger charge is -2.40. The molecule has 0 aliphatic heterocycles. The van der Waals surface area contributed by atoms with Crippen molar-refractivity contribution in [3.63, 3.8) is 0 Å². The Balaban J connectivity index is 6.32. The summed E-state index contributed by atoms with van der Waals surface area (Å²) >= 11 is 0. The minimum atomic E-state index is -8.42. The molecule has 0 radical (unpaired) electrons. The Hall–Kier alpha value is -1.58. The van der Waals surface area contributed by atoms with Gasteiger partial charge in [0.05, 0.1) is 6.61 Å². The first-order chi connectivity index (χ1) is 12.5. The van der Waals surface area contributed by atoms with E-state index in [2.05, 4.69) is 4.74 Å². The molecular formula is C12H9F15O2. The Morgan fingerprint density at radius 2 is 0.966 bits per heavy atom. The van der Waals surface area contributed by atoms with E-state index in [0.717, 1.165) is 0 Å². The molecule has 0 fully saturated rings. The van der Waals surface area contributed by atoms with Crippen LogP contribution in [0.3, 0.4) is 0 Å². The van der Waals surface area contributed by atoms with Gasteiger partial charge in [-0.25, -0.2) is 4.79 Å². The summed E-state index contributed by atoms with van der Waals surface area (Å²) in [4.78, 5) is 10.8. The molecule has 0 unspecified atom stereocenters. The molecule has 0 N–H and O–H groups in total. The van der Waals surface area contributed by atoms with Crippen LogP contribution in [0.1, 0.15) is 19.8 Å². The van der Waals surface area contributed by atoms with Crippen LogP contribution in [0.25, 0.3) is 0 Å². The van der Waals surface area contributed by atoms with E-state index in [4.69, 9.17) is 0 Å². The normalized spacial score (nSPS) is 15.4. The molecule has 0 atom stereocenters. The monoisotopic (exact) mass is 470 g/mol. The number of rotatable bonds is 9. The Bertz CT molecular complexity index is 593. The Morgan fingerprint density at radius 3 is 1.31 bits per heavy atom. The molecule has 0 aromatic carbocycles. The van der Waals surface area contributed by atoms with Crippen molar-refractivity contribution in [3.8, 4) is 0 Å². The number of unbranched alkanes of at least 4 members (excludes halogenated alkanes) is 1. The van der Waals surface area contributed by atoms with Crippen LogP contribution < -0.4 is 0 Å². The topological polar surface area (TPSA) is 26.3 Å². The summed E-state index contributed by atoms with van der Waals surface area (Å²) in [5, 5.41) is 0. The predicted molar refractivity (Wildman–Crippen MR) is 61.6 cm³/mol. The van der Waals surface area contributed by atoms with Gasteiger partial charge < -0.3 is 4.74 Å². The summed E-state index contributed by atoms with van der Waals surface area (Å²) in [7, 11) is 0. The van der Waals surface area contributed by atoms with E-state index in [-0.39, 0.29) is 12.8 Å². The van der Waals surface area contributed by atoms with Gasteiger partial charge in [0.15, 0.2) is 0 Å². The highest BCUT2D eigenvalue weighted by molar-refractivity contribution is 5.79. The van der Waals surface area contributed by atoms with Crippen LogP contribution in [-0.4, -0.2) is 54.3 Å². The number of esters is 1. The van der Waals surface area contributed by atoms with Gasteiger partial charge in [0.1, 0.15) is 0 Å². The van der Waals surface area contributed by atoms with Crippen molar-refractivity contribution in [2.24, 2.45) is 0 Å². The minimum Gasteiger partial charge on any atom is -0.461 e. The second-order valence-corrected chi connectivity index (χ2v) is 5.43. The van der Waals surface area contributed by atoms with Crippen LogP contribution in [-0.2, 0) is 9.53 Å². The van der Waals surface area contributed by atoms with Gasteiger partial charge in [-0.15, -0.1) is 0 Å². The molecule has 2 nitrogen and oxygen atoms in total. The molecular weight excluding hydrogens is 461 g/mol. The zero-order valence-corrected chi connectivity index (χ0v) is 13.6. The van der Waals surface area contributed by atoms with Gasteiger partial charge in [0.2, 0.25) is 0 Å². The van der Waals surface area contributed by atoms with Gasteiger partial charge in [0.25, 0.3) is 0 Å². The van der Waals surface area contributed by atoms with Crippen molar-refractivity contribution in [3.05, 3.63) is 0 Å². The molecule has 0 aromatic heterocycles. The average Bonchev–Trinajstić information content (AvgIpc) is 2.52. The molecule has 0 heterocycles. The van der Waals surface area contributed by atoms with Crippen molar-refractivity contribution < 1.29 is 75.4 Å². The summed E-state index contributed by atoms with van der Waals surface area (Å²) < 4.78 is 196. The first-order valence-corrected chi connectivity index (χ1v) is 6.99. The first-order valence-electron chi connectivity index (χ1n) is 6.99. The highest BCUT2D eigenvalue weighted by atomic mass is 19.4. The summed E-state index contributed by atoms with van der Waals surface area (Å²) in [6.07, 6.45) is -7.97. The van der Waals surface area contributed by atoms with E-state index in [0.29, 0.717) is 0 Å². The quantitative estimate of drug-likeness (QED) is 0.246. The molecule has 0 saturated heterocycles. The molecule has 0 aliphatic rings. The maximum atomic E-state index is 13.3. The minimum absolute atomic E-state index is 0.0439. The molecule has 0 amide bonds. The summed E-state index contributed by atoms with van der Waals surface area (Å²) in [5.74, 6) is -51.6. The third kappa shape index (κ3) is 3.92. The number of carbonyl (C=O) groups is 1. The molecule has 0 saturated carbocycles. The number of hydrogen-bond donors (Lipinski definition) is 0. The van der Waals surface area contributed by atoms with Gasteiger partial charge in [-0.2, -0.15) is 65.9 Å². The predicted octanol–water partition coefficient (Wildman–Crippen LogP) is 5.70. The summed E-state index contributed by atoms with van der Waals surface area (Å²) in [6, 6.07) is 0. The number of ether oxygens (including phenoxy) is 1. The van der Waals surface area contributed by atoms with Crippen LogP contribution in [0.5, 0.6) is 0 Å². The highest BCUT2D eigenvalue weighted by Gasteiger charge is 2.94. The SMILES string of the molecule is CCCCOC(=O)C(F)(F)C(F)(F)C(F)(F)C(F)(F)C(F)(F)C(F)(F)C(F)(F)F. The van der Waals surface area contributed by atoms with Gasteiger partial charge >= 0.3 is 47.7 Å². The van der Waals surface area contributed by atoms with Gasteiger partial charge in [-0.1, -0.05) is 13.3 Å². The van der Waals surface area contributed by atoms with Crippen LogP contribution in [0.4, 0.5) is 65.9 Å². The smallest absolute Gasteiger partial charge is 0.460 e. The molecule has 0 aliphatic carbocycles. The Labute approximate surface area is 151 Å². The van der Waals surface area contributed by atoms with Crippen LogP contribution in [0.15, 0.2) is 0 Å². The fraction of sp³-hybridized carbons (Fsp3) is 0.917. The first kappa shape index (κ1) is 27.4. The van der Waals surface area contributed by atoms with Crippen molar-refractivity contribution in [1.82, 2.24) is 0 Å². The lowest BCUT2D eigenvalue weighted by atomic mass is 9.91. The van der Waals surface area contributed by atoms with E-state index in [9.17, 15) is 70.7 Å². The van der Waals surface area contributed by atoms with Gasteiger partial charge in [0, 0.05) is 0 Å². The van der Waals surface area contributed by atoms with Gasteiger partial charge in [-0.05, 0) is 6.42 Å². The number of halogens is 15. The second-order valence-electron chi connectivity index (χ2n) is 5.43. The maximum Gasteiger partial charge on any atom is 0.460 e. The van der Waals surface area contributed by atoms with E-state index < -0.39 is 54.3 Å². The molecule has 17 heteroatoms. The zero-order valence-electron chi connectivity index (χ0n) is 13.6. The van der Waals surface area contributed by atoms with Crippen molar-refractivity contribution >= 4 is 5.97 Å². The molecule has 0 rings (SSSR count). The van der Waals surface area contributed by atoms with Crippen molar-refractivity contribution in [2.75, 3.05) is 6.61 Å². The molecule has 0 aromatic rings. The standard InChI is InChI=1S/C12H9F15O2/c1-2-3-4-29-5(28)6(13,14)7(15,16)8(17,18)9(19,20)10(21,22)11(23,24)12(25,26)27/h2-4H2,1H3. The van der Waals surface area contributed by atoms with E-state index in [1.165, 1.54) is 6.92 Å². The van der Waals surface area contributed by atoms with E-state index in [1.807, 2.05) is 0 Å². The number of carbonyl (C=O) groups excluding carboxylic acids is 1. The molecule has 29 heavy (non-hydrogen) atoms. The molecule has 174 valence electrons. The molecule has 0 spiro atoms. The lowest BCUT2D eigenvalue weighted by molar-refractivity contribution is -0.450. The average molecular weight is 470 g/mol. The fourth-order valence-electron chi connectivity index (χ4n) is 1.49. The summed E-state index contributed by atoms with van der Waals surface area (Å²) in [5.41, 5.74) is 0. The van der Waals surface area contributed by atoms with Crippen molar-refractivity contribution in [1.29, 1.82) is 0 Å². The maximum absolute atomic E-state index is 13.3. The largest absolute Gasteiger partial charge is 0.461 e. The van der Waals surface area contributed by atoms with Crippen LogP contribution in [0.2, 0.25) is 0 Å². The number of alkyl halides is 15. The van der Waals surface area contributed by atoms with E-state index >= 15 is 0 Å². The fourth-order valence-corrected chi connectivity index (χ4v) is 1.49. The third-order valence-corrected chi connectivity index (χ3v) is 3.32. The summed E-state index contributed by atoms with van der Waals surface area (Å²) in [6.45, 7) is 0.170. The van der Waals surface area contributed by atoms with E-state index in [1.54, 1.807) is 0 Å². The Kier molecular flexibility index (Phi) is 7.18. The van der Waals surface area contributed by atoms with Crippen LogP contribution in [0, 0.1) is 0 Å². The Morgan fingerprint density at radius 1 is 0.621 bits per heavy atom. The molecule has 0 bridgehead atoms. The highest BCUT2D eigenvalue weighted by Crippen LogP contribution is 2.62. The number of hydrogen-bond acceptors (Lipinski definition) is 2. The lowest BCUT2D eigenvalue weighted by Crippen LogP contribution is -2.73. The zero-order chi connectivity index (χ0) is 23.9. The third-order valence-electron chi connectivity index (χ3n) is 3.32. The van der Waals surface area contributed by atoms with Crippen molar-refractivity contribution in [2.45, 2.75) is 61.5 Å². The second kappa shape index (κ2) is 7.59.